The fraction of sp³-hybridized carbons (Fsp3) is 0.350. The van der Waals surface area contributed by atoms with Crippen molar-refractivity contribution in [2.75, 3.05) is 26.7 Å². The van der Waals surface area contributed by atoms with Crippen LogP contribution in [-0.2, 0) is 10.0 Å². The van der Waals surface area contributed by atoms with Gasteiger partial charge >= 0.3 is 0 Å². The number of piperidine rings is 1. The summed E-state index contributed by atoms with van der Waals surface area (Å²) in [6.45, 7) is 1.57. The smallest absolute Gasteiger partial charge is 0.253 e. The third-order valence-electron chi connectivity index (χ3n) is 4.76. The summed E-state index contributed by atoms with van der Waals surface area (Å²) in [7, 11) is -2.05. The fourth-order valence-electron chi connectivity index (χ4n) is 3.25. The Balaban J connectivity index is 1.59. The minimum absolute atomic E-state index is 0.00156. The molecule has 0 radical (unpaired) electrons. The number of amides is 1. The second-order valence-electron chi connectivity index (χ2n) is 6.65. The van der Waals surface area contributed by atoms with Gasteiger partial charge in [0.25, 0.3) is 5.91 Å². The van der Waals surface area contributed by atoms with Gasteiger partial charge < -0.3 is 9.64 Å². The van der Waals surface area contributed by atoms with Gasteiger partial charge in [-0.25, -0.2) is 13.1 Å². The third-order valence-corrected chi connectivity index (χ3v) is 6.20. The van der Waals surface area contributed by atoms with Crippen LogP contribution in [0.1, 0.15) is 23.2 Å². The molecule has 1 N–H and O–H groups in total. The molecule has 1 heterocycles. The molecule has 2 aromatic rings. The van der Waals surface area contributed by atoms with E-state index in [4.69, 9.17) is 4.74 Å². The van der Waals surface area contributed by atoms with E-state index in [0.29, 0.717) is 30.9 Å². The molecule has 7 heteroatoms. The monoisotopic (exact) mass is 388 g/mol. The average Bonchev–Trinajstić information content (AvgIpc) is 2.72. The lowest BCUT2D eigenvalue weighted by molar-refractivity contribution is 0.0676. The van der Waals surface area contributed by atoms with E-state index in [9.17, 15) is 13.2 Å². The minimum atomic E-state index is -3.58. The lowest BCUT2D eigenvalue weighted by Gasteiger charge is -2.33. The first-order valence-electron chi connectivity index (χ1n) is 8.97. The molecule has 1 fully saturated rings. The zero-order valence-corrected chi connectivity index (χ0v) is 16.1. The first-order valence-corrected chi connectivity index (χ1v) is 10.5. The van der Waals surface area contributed by atoms with Crippen LogP contribution in [0.25, 0.3) is 0 Å². The van der Waals surface area contributed by atoms with Gasteiger partial charge in [-0.3, -0.25) is 4.79 Å². The van der Waals surface area contributed by atoms with Gasteiger partial charge in [0.05, 0.1) is 12.0 Å². The number of ether oxygens (including phenoxy) is 1. The van der Waals surface area contributed by atoms with Crippen LogP contribution in [0.5, 0.6) is 5.75 Å². The average molecular weight is 388 g/mol. The zero-order valence-electron chi connectivity index (χ0n) is 15.3. The second kappa shape index (κ2) is 8.54. The Morgan fingerprint density at radius 3 is 2.52 bits per heavy atom. The third kappa shape index (κ3) is 4.87. The topological polar surface area (TPSA) is 75.7 Å². The van der Waals surface area contributed by atoms with Gasteiger partial charge in [0.2, 0.25) is 10.0 Å². The van der Waals surface area contributed by atoms with Crippen molar-refractivity contribution in [1.29, 1.82) is 0 Å². The largest absolute Gasteiger partial charge is 0.497 e. The number of rotatable bonds is 6. The van der Waals surface area contributed by atoms with Crippen molar-refractivity contribution in [3.63, 3.8) is 0 Å². The molecule has 0 unspecified atom stereocenters. The molecule has 0 aromatic heterocycles. The molecule has 1 saturated heterocycles. The number of carbonyl (C=O) groups is 1. The Hall–Kier alpha value is -2.38. The number of methoxy groups -OCH3 is 1. The molecule has 1 aliphatic rings. The number of nitrogens with one attached hydrogen (secondary N) is 1. The zero-order chi connectivity index (χ0) is 19.3. The molecular weight excluding hydrogens is 364 g/mol. The molecule has 0 spiro atoms. The molecule has 1 atom stereocenters. The lowest BCUT2D eigenvalue weighted by atomic mass is 9.97. The van der Waals surface area contributed by atoms with Gasteiger partial charge in [0.1, 0.15) is 5.75 Å². The van der Waals surface area contributed by atoms with Gasteiger partial charge in [-0.05, 0) is 55.2 Å². The number of benzene rings is 2. The molecule has 3 rings (SSSR count). The van der Waals surface area contributed by atoms with E-state index in [0.717, 1.165) is 12.8 Å². The van der Waals surface area contributed by atoms with E-state index in [2.05, 4.69) is 4.72 Å². The molecule has 0 aliphatic carbocycles. The number of sulfonamides is 1. The summed E-state index contributed by atoms with van der Waals surface area (Å²) in [6.07, 6.45) is 1.76. The van der Waals surface area contributed by atoms with Crippen molar-refractivity contribution in [3.8, 4) is 5.75 Å². The summed E-state index contributed by atoms with van der Waals surface area (Å²) in [5, 5.41) is 0. The lowest BCUT2D eigenvalue weighted by Crippen LogP contribution is -2.43. The van der Waals surface area contributed by atoms with Crippen molar-refractivity contribution in [2.45, 2.75) is 17.7 Å². The molecule has 6 nitrogen and oxygen atoms in total. The first-order chi connectivity index (χ1) is 13.0. The van der Waals surface area contributed by atoms with Crippen LogP contribution >= 0.6 is 0 Å². The summed E-state index contributed by atoms with van der Waals surface area (Å²) in [5.41, 5.74) is 0.664. The van der Waals surface area contributed by atoms with Gasteiger partial charge in [0.15, 0.2) is 0 Å². The molecule has 27 heavy (non-hydrogen) atoms. The number of carbonyl (C=O) groups excluding carboxylic acids is 1. The van der Waals surface area contributed by atoms with E-state index < -0.39 is 10.0 Å². The van der Waals surface area contributed by atoms with Crippen LogP contribution in [0.4, 0.5) is 0 Å². The molecule has 0 saturated carbocycles. The van der Waals surface area contributed by atoms with Gasteiger partial charge in [-0.2, -0.15) is 0 Å². The van der Waals surface area contributed by atoms with Crippen molar-refractivity contribution in [2.24, 2.45) is 5.92 Å². The Morgan fingerprint density at radius 1 is 1.15 bits per heavy atom. The Labute approximate surface area is 160 Å². The number of nitrogens with zero attached hydrogens (tertiary/aromatic N) is 1. The fourth-order valence-corrected chi connectivity index (χ4v) is 4.36. The Bertz CT molecular complexity index is 867. The maximum atomic E-state index is 12.6. The first kappa shape index (κ1) is 19.4. The van der Waals surface area contributed by atoms with Crippen LogP contribution in [0.3, 0.4) is 0 Å². The summed E-state index contributed by atoms with van der Waals surface area (Å²) in [4.78, 5) is 14.6. The van der Waals surface area contributed by atoms with E-state index in [1.165, 1.54) is 19.2 Å². The van der Waals surface area contributed by atoms with Crippen molar-refractivity contribution >= 4 is 15.9 Å². The van der Waals surface area contributed by atoms with Gasteiger partial charge in [-0.15, -0.1) is 0 Å². The van der Waals surface area contributed by atoms with E-state index in [-0.39, 0.29) is 16.7 Å². The highest BCUT2D eigenvalue weighted by atomic mass is 32.2. The van der Waals surface area contributed by atoms with Gasteiger partial charge in [-0.1, -0.05) is 18.2 Å². The van der Waals surface area contributed by atoms with Crippen molar-refractivity contribution < 1.29 is 17.9 Å². The normalized spacial score (nSPS) is 17.5. The molecule has 1 amide bonds. The Kier molecular flexibility index (Phi) is 6.13. The van der Waals surface area contributed by atoms with E-state index in [1.807, 2.05) is 23.1 Å². The SMILES string of the molecule is COc1ccc(S(=O)(=O)NC[C@@H]2CCCN(C(=O)c3ccccc3)C2)cc1. The second-order valence-corrected chi connectivity index (χ2v) is 8.42. The minimum Gasteiger partial charge on any atom is -0.497 e. The van der Waals surface area contributed by atoms with Crippen LogP contribution in [0.15, 0.2) is 59.5 Å². The number of likely N-dealkylation sites (tertiary alicyclic amines) is 1. The maximum absolute atomic E-state index is 12.6. The summed E-state index contributed by atoms with van der Waals surface area (Å²) < 4.78 is 32.7. The van der Waals surface area contributed by atoms with Crippen LogP contribution in [0, 0.1) is 5.92 Å². The van der Waals surface area contributed by atoms with Crippen LogP contribution < -0.4 is 9.46 Å². The van der Waals surface area contributed by atoms with Crippen LogP contribution in [-0.4, -0.2) is 46.0 Å². The van der Waals surface area contributed by atoms with E-state index >= 15 is 0 Å². The van der Waals surface area contributed by atoms with Crippen molar-refractivity contribution in [3.05, 3.63) is 60.2 Å². The molecule has 0 bridgehead atoms. The summed E-state index contributed by atoms with van der Waals surface area (Å²) >= 11 is 0. The highest BCUT2D eigenvalue weighted by Crippen LogP contribution is 2.20. The Morgan fingerprint density at radius 2 is 1.85 bits per heavy atom. The predicted octanol–water partition coefficient (Wildman–Crippen LogP) is 2.53. The summed E-state index contributed by atoms with van der Waals surface area (Å²) in [5.74, 6) is 0.703. The predicted molar refractivity (Wildman–Crippen MR) is 103 cm³/mol. The number of hydrogen-bond acceptors (Lipinski definition) is 4. The maximum Gasteiger partial charge on any atom is 0.253 e. The quantitative estimate of drug-likeness (QED) is 0.825. The van der Waals surface area contributed by atoms with E-state index in [1.54, 1.807) is 24.3 Å². The summed E-state index contributed by atoms with van der Waals surface area (Å²) in [6, 6.07) is 15.5. The van der Waals surface area contributed by atoms with Crippen LogP contribution in [0.2, 0.25) is 0 Å². The van der Waals surface area contributed by atoms with Gasteiger partial charge in [0, 0.05) is 25.2 Å². The number of hydrogen-bond donors (Lipinski definition) is 1. The highest BCUT2D eigenvalue weighted by Gasteiger charge is 2.26. The standard InChI is InChI=1S/C20H24N2O4S/c1-26-18-9-11-19(12-10-18)27(24,25)21-14-16-6-5-13-22(15-16)20(23)17-7-3-2-4-8-17/h2-4,7-12,16,21H,5-6,13-15H2,1H3/t16-/m0/s1. The van der Waals surface area contributed by atoms with Crippen molar-refractivity contribution in [1.82, 2.24) is 9.62 Å². The molecular formula is C20H24N2O4S. The molecule has 144 valence electrons. The molecule has 1 aliphatic heterocycles. The molecule has 2 aromatic carbocycles. The highest BCUT2D eigenvalue weighted by molar-refractivity contribution is 7.89.